The number of hydrogen-bond acceptors (Lipinski definition) is 9. The number of nitro benzene ring substituents is 1. The topological polar surface area (TPSA) is 114 Å². The average molecular weight is 760 g/mol. The van der Waals surface area contributed by atoms with Gasteiger partial charge in [-0.25, -0.2) is 4.79 Å². The van der Waals surface area contributed by atoms with Gasteiger partial charge >= 0.3 is 11.9 Å². The van der Waals surface area contributed by atoms with Crippen LogP contribution in [0.25, 0.3) is 0 Å². The monoisotopic (exact) mass is 758 g/mol. The average Bonchev–Trinajstić information content (AvgIpc) is 3.15. The van der Waals surface area contributed by atoms with Gasteiger partial charge in [-0.3, -0.25) is 19.8 Å². The van der Waals surface area contributed by atoms with Crippen molar-refractivity contribution in [3.63, 3.8) is 0 Å². The van der Waals surface area contributed by atoms with E-state index in [0.29, 0.717) is 11.3 Å². The highest BCUT2D eigenvalue weighted by Crippen LogP contribution is 2.49. The van der Waals surface area contributed by atoms with E-state index in [1.807, 2.05) is 31.2 Å². The summed E-state index contributed by atoms with van der Waals surface area (Å²) >= 11 is 0. The quantitative estimate of drug-likeness (QED) is 0.0752. The number of rotatable bonds is 10. The Morgan fingerprint density at radius 3 is 2.02 bits per heavy atom. The Hall–Kier alpha value is -5.16. The number of esters is 2. The van der Waals surface area contributed by atoms with Crippen LogP contribution < -0.4 is 10.2 Å². The molecule has 1 N–H and O–H groups in total. The van der Waals surface area contributed by atoms with Crippen LogP contribution in [0, 0.1) is 16.0 Å². The molecule has 10 nitrogen and oxygen atoms in total. The number of hydrogen-bond donors (Lipinski definition) is 1. The third-order valence-corrected chi connectivity index (χ3v) is 10.2. The lowest BCUT2D eigenvalue weighted by Gasteiger charge is -2.47. The molecule has 0 saturated carbocycles. The smallest absolute Gasteiger partial charge is 0.341 e. The molecule has 12 heteroatoms. The second-order valence-corrected chi connectivity index (χ2v) is 13.1. The van der Waals surface area contributed by atoms with Gasteiger partial charge < -0.3 is 19.7 Å². The van der Waals surface area contributed by atoms with E-state index in [-0.39, 0.29) is 42.1 Å². The molecule has 278 valence electrons. The van der Waals surface area contributed by atoms with Crippen molar-refractivity contribution < 1.29 is 24.0 Å². The molecule has 53 heavy (non-hydrogen) atoms. The first-order valence-electron chi connectivity index (χ1n) is 17.0. The predicted octanol–water partition coefficient (Wildman–Crippen LogP) is 7.70. The van der Waals surface area contributed by atoms with E-state index in [9.17, 15) is 19.7 Å². The van der Waals surface area contributed by atoms with Crippen LogP contribution in [0.1, 0.15) is 48.1 Å². The molecule has 2 heterocycles. The highest BCUT2D eigenvalue weighted by atomic mass is 35.5. The van der Waals surface area contributed by atoms with Crippen molar-refractivity contribution >= 4 is 48.1 Å². The minimum absolute atomic E-state index is 0. The van der Waals surface area contributed by atoms with Gasteiger partial charge in [-0.05, 0) is 48.2 Å². The second-order valence-electron chi connectivity index (χ2n) is 13.1. The number of carbonyl (C=O) groups is 2. The molecule has 0 aromatic heterocycles. The number of piperazine rings is 1. The maximum atomic E-state index is 13.8. The molecule has 0 bridgehead atoms. The summed E-state index contributed by atoms with van der Waals surface area (Å²) < 4.78 is 10.6. The summed E-state index contributed by atoms with van der Waals surface area (Å²) in [6, 6.07) is 35.5. The number of methoxy groups -OCH3 is 1. The van der Waals surface area contributed by atoms with Crippen LogP contribution in [0.15, 0.2) is 133 Å². The number of carbonyl (C=O) groups excluding carboxylic acids is 2. The first-order valence-corrected chi connectivity index (χ1v) is 17.0. The van der Waals surface area contributed by atoms with Gasteiger partial charge in [-0.15, -0.1) is 24.8 Å². The number of nitrogens with zero attached hydrogens (tertiary/aromatic N) is 3. The van der Waals surface area contributed by atoms with Gasteiger partial charge in [0.05, 0.1) is 41.4 Å². The maximum Gasteiger partial charge on any atom is 0.341 e. The summed E-state index contributed by atoms with van der Waals surface area (Å²) in [7, 11) is 1.29. The van der Waals surface area contributed by atoms with E-state index < -0.39 is 34.2 Å². The number of ether oxygens (including phenoxy) is 2. The highest BCUT2D eigenvalue weighted by Gasteiger charge is 2.53. The summed E-state index contributed by atoms with van der Waals surface area (Å²) in [5.74, 6) is -3.21. The van der Waals surface area contributed by atoms with E-state index in [0.717, 1.165) is 43.7 Å². The van der Waals surface area contributed by atoms with Crippen molar-refractivity contribution in [1.29, 1.82) is 0 Å². The molecule has 0 amide bonds. The third-order valence-electron chi connectivity index (χ3n) is 10.2. The van der Waals surface area contributed by atoms with Gasteiger partial charge in [-0.1, -0.05) is 91.5 Å². The summed E-state index contributed by atoms with van der Waals surface area (Å²) in [4.78, 5) is 43.3. The van der Waals surface area contributed by atoms with Crippen molar-refractivity contribution in [3.05, 3.63) is 166 Å². The number of allylic oxidation sites excluding steroid dienone is 1. The number of non-ortho nitro benzene ring substituents is 1. The fourth-order valence-electron chi connectivity index (χ4n) is 7.77. The molecule has 0 aliphatic carbocycles. The molecule has 6 rings (SSSR count). The largest absolute Gasteiger partial charge is 0.469 e. The first-order chi connectivity index (χ1) is 24.7. The molecule has 4 aromatic rings. The SMILES string of the molecule is C=COC(=O)C1=C(C)N[C@@](C)(c2ccc(N3CCN(C(c4ccccc4)c4ccccc4)CC3)cc2)C(C(=O)OC)C1c1cccc([N+](=O)[O-])c1.Cl.Cl. The minimum Gasteiger partial charge on any atom is -0.469 e. The number of nitrogens with one attached hydrogen (secondary N) is 1. The van der Waals surface area contributed by atoms with E-state index in [1.165, 1.54) is 30.4 Å². The molecule has 2 aliphatic heterocycles. The van der Waals surface area contributed by atoms with Crippen LogP contribution in [0.4, 0.5) is 11.4 Å². The van der Waals surface area contributed by atoms with Crippen LogP contribution in [-0.2, 0) is 24.6 Å². The van der Waals surface area contributed by atoms with Crippen LogP contribution in [0.2, 0.25) is 0 Å². The lowest BCUT2D eigenvalue weighted by Crippen LogP contribution is -2.55. The van der Waals surface area contributed by atoms with E-state index in [2.05, 4.69) is 82.4 Å². The standard InChI is InChI=1S/C41H42N4O6.2ClH/c1-5-51-39(46)35-28(2)42-41(3,37(40(47)50-4)36(35)31-17-12-18-34(27-31)45(48)49)32-19-21-33(22-20-32)43-23-25-44(26-24-43)38(29-13-8-6-9-14-29)30-15-10-7-11-16-30;;/h5-22,27,36-38,42H,1,23-26H2,2-4H3;2*1H/t36?,37?,41-;;/m0../s1. The van der Waals surface area contributed by atoms with Gasteiger partial charge in [0.25, 0.3) is 5.69 Å². The van der Waals surface area contributed by atoms with Crippen LogP contribution in [0.5, 0.6) is 0 Å². The van der Waals surface area contributed by atoms with Gasteiger partial charge in [0.15, 0.2) is 0 Å². The Kier molecular flexibility index (Phi) is 13.5. The number of nitro groups is 1. The fraction of sp³-hybridized carbons (Fsp3) is 0.268. The van der Waals surface area contributed by atoms with Crippen LogP contribution in [-0.4, -0.2) is 55.1 Å². The molecular weight excluding hydrogens is 715 g/mol. The zero-order valence-corrected chi connectivity index (χ0v) is 31.5. The maximum absolute atomic E-state index is 13.8. The third kappa shape index (κ3) is 8.25. The van der Waals surface area contributed by atoms with Gasteiger partial charge in [0.1, 0.15) is 0 Å². The van der Waals surface area contributed by atoms with E-state index in [1.54, 1.807) is 19.1 Å². The molecule has 0 radical (unpaired) electrons. The van der Waals surface area contributed by atoms with Crippen molar-refractivity contribution in [2.45, 2.75) is 31.3 Å². The lowest BCUT2D eigenvalue weighted by atomic mass is 9.65. The van der Waals surface area contributed by atoms with Crippen LogP contribution >= 0.6 is 24.8 Å². The molecule has 2 unspecified atom stereocenters. The number of halogens is 2. The Morgan fingerprint density at radius 1 is 0.906 bits per heavy atom. The summed E-state index contributed by atoms with van der Waals surface area (Å²) in [6.45, 7) is 10.6. The Balaban J connectivity index is 0.00000314. The van der Waals surface area contributed by atoms with E-state index in [4.69, 9.17) is 9.47 Å². The van der Waals surface area contributed by atoms with Crippen molar-refractivity contribution in [2.24, 2.45) is 5.92 Å². The van der Waals surface area contributed by atoms with Gasteiger partial charge in [0.2, 0.25) is 0 Å². The molecule has 3 atom stereocenters. The van der Waals surface area contributed by atoms with Gasteiger partial charge in [-0.2, -0.15) is 0 Å². The summed E-state index contributed by atoms with van der Waals surface area (Å²) in [5.41, 5.74) is 4.22. The summed E-state index contributed by atoms with van der Waals surface area (Å²) in [5, 5.41) is 15.2. The predicted molar refractivity (Wildman–Crippen MR) is 210 cm³/mol. The van der Waals surface area contributed by atoms with Crippen molar-refractivity contribution in [2.75, 3.05) is 38.2 Å². The summed E-state index contributed by atoms with van der Waals surface area (Å²) in [6.07, 6.45) is 1.02. The minimum atomic E-state index is -1.07. The Labute approximate surface area is 322 Å². The van der Waals surface area contributed by atoms with E-state index >= 15 is 0 Å². The van der Waals surface area contributed by atoms with Crippen molar-refractivity contribution in [3.8, 4) is 0 Å². The molecule has 2 aliphatic rings. The Bertz CT molecular complexity index is 1900. The molecule has 1 saturated heterocycles. The second kappa shape index (κ2) is 17.6. The normalized spacial score (nSPS) is 20.0. The Morgan fingerprint density at radius 2 is 1.49 bits per heavy atom. The molecule has 4 aromatic carbocycles. The molecule has 0 spiro atoms. The highest BCUT2D eigenvalue weighted by molar-refractivity contribution is 5.94. The zero-order chi connectivity index (χ0) is 36.1. The van der Waals surface area contributed by atoms with Gasteiger partial charge in [0, 0.05) is 55.6 Å². The van der Waals surface area contributed by atoms with Crippen molar-refractivity contribution in [1.82, 2.24) is 10.2 Å². The molecule has 1 fully saturated rings. The fourth-order valence-corrected chi connectivity index (χ4v) is 7.77. The zero-order valence-electron chi connectivity index (χ0n) is 29.8. The molecular formula is C41H44Cl2N4O6. The lowest BCUT2D eigenvalue weighted by molar-refractivity contribution is -0.384. The first kappa shape index (κ1) is 40.6. The number of benzene rings is 4. The number of anilines is 1. The van der Waals surface area contributed by atoms with Crippen LogP contribution in [0.3, 0.4) is 0 Å².